The number of rotatable bonds is 3. The molecule has 0 bridgehead atoms. The van der Waals surface area contributed by atoms with Gasteiger partial charge in [0, 0.05) is 12.1 Å². The van der Waals surface area contributed by atoms with E-state index in [0.717, 1.165) is 17.8 Å². The number of ether oxygens (including phenoxy) is 1. The van der Waals surface area contributed by atoms with Crippen LogP contribution in [0.4, 0.5) is 0 Å². The van der Waals surface area contributed by atoms with Gasteiger partial charge in [0.25, 0.3) is 0 Å². The summed E-state index contributed by atoms with van der Waals surface area (Å²) in [7, 11) is 1.37. The molecule has 2 rings (SSSR count). The van der Waals surface area contributed by atoms with Crippen molar-refractivity contribution >= 4 is 5.97 Å². The van der Waals surface area contributed by atoms with Crippen LogP contribution < -0.4 is 0 Å². The van der Waals surface area contributed by atoms with Gasteiger partial charge in [-0.15, -0.1) is 5.10 Å². The Hall–Kier alpha value is -2.17. The number of methoxy groups -OCH3 is 1. The minimum atomic E-state index is -0.340. The quantitative estimate of drug-likeness (QED) is 0.807. The molecule has 2 aromatic rings. The van der Waals surface area contributed by atoms with Gasteiger partial charge in [-0.05, 0) is 17.5 Å². The van der Waals surface area contributed by atoms with E-state index in [4.69, 9.17) is 0 Å². The van der Waals surface area contributed by atoms with Crippen LogP contribution in [-0.4, -0.2) is 28.1 Å². The normalized spacial score (nSPS) is 11.4. The van der Waals surface area contributed by atoms with Crippen LogP contribution in [0.25, 0.3) is 11.3 Å². The Bertz CT molecular complexity index is 594. The third kappa shape index (κ3) is 3.44. The molecule has 1 aromatic carbocycles. The molecule has 20 heavy (non-hydrogen) atoms. The summed E-state index contributed by atoms with van der Waals surface area (Å²) in [5, 5.41) is 8.29. The zero-order valence-corrected chi connectivity index (χ0v) is 12.3. The van der Waals surface area contributed by atoms with Crippen LogP contribution in [0, 0.1) is 5.41 Å². The van der Waals surface area contributed by atoms with Crippen LogP contribution >= 0.6 is 0 Å². The summed E-state index contributed by atoms with van der Waals surface area (Å²) in [4.78, 5) is 11.4. The van der Waals surface area contributed by atoms with Crippen molar-refractivity contribution in [3.05, 3.63) is 36.0 Å². The van der Waals surface area contributed by atoms with Crippen LogP contribution in [-0.2, 0) is 11.3 Å². The maximum absolute atomic E-state index is 11.4. The lowest BCUT2D eigenvalue weighted by molar-refractivity contribution is 0.0601. The number of carbonyl (C=O) groups excluding carboxylic acids is 1. The van der Waals surface area contributed by atoms with E-state index in [1.165, 1.54) is 7.11 Å². The lowest BCUT2D eigenvalue weighted by Crippen LogP contribution is -2.15. The second-order valence-electron chi connectivity index (χ2n) is 5.93. The van der Waals surface area contributed by atoms with Crippen molar-refractivity contribution in [2.75, 3.05) is 7.11 Å². The average molecular weight is 273 g/mol. The zero-order chi connectivity index (χ0) is 14.8. The van der Waals surface area contributed by atoms with Crippen molar-refractivity contribution in [1.29, 1.82) is 0 Å². The first-order valence-electron chi connectivity index (χ1n) is 6.48. The highest BCUT2D eigenvalue weighted by molar-refractivity contribution is 5.89. The standard InChI is InChI=1S/C15H19N3O2/c1-15(2,3)10-18-9-13(16-17-18)11-5-7-12(8-6-11)14(19)20-4/h5-9H,10H2,1-4H3. The second kappa shape index (κ2) is 5.45. The molecule has 0 unspecified atom stereocenters. The predicted octanol–water partition coefficient (Wildman–Crippen LogP) is 2.78. The maximum Gasteiger partial charge on any atom is 0.337 e. The molecule has 0 radical (unpaired) electrons. The van der Waals surface area contributed by atoms with Gasteiger partial charge < -0.3 is 4.74 Å². The topological polar surface area (TPSA) is 57.0 Å². The average Bonchev–Trinajstić information content (AvgIpc) is 2.84. The van der Waals surface area contributed by atoms with E-state index in [-0.39, 0.29) is 11.4 Å². The van der Waals surface area contributed by atoms with Gasteiger partial charge in [-0.3, -0.25) is 4.68 Å². The molecule has 106 valence electrons. The molecule has 0 spiro atoms. The zero-order valence-electron chi connectivity index (χ0n) is 12.3. The Morgan fingerprint density at radius 3 is 2.45 bits per heavy atom. The van der Waals surface area contributed by atoms with Crippen LogP contribution in [0.2, 0.25) is 0 Å². The smallest absolute Gasteiger partial charge is 0.337 e. The number of nitrogens with zero attached hydrogens (tertiary/aromatic N) is 3. The van der Waals surface area contributed by atoms with E-state index < -0.39 is 0 Å². The van der Waals surface area contributed by atoms with Crippen molar-refractivity contribution in [3.8, 4) is 11.3 Å². The number of esters is 1. The summed E-state index contributed by atoms with van der Waals surface area (Å²) in [5.41, 5.74) is 2.40. The Labute approximate surface area is 118 Å². The molecule has 5 heteroatoms. The van der Waals surface area contributed by atoms with Gasteiger partial charge in [0.05, 0.1) is 18.9 Å². The Morgan fingerprint density at radius 2 is 1.90 bits per heavy atom. The van der Waals surface area contributed by atoms with E-state index in [2.05, 4.69) is 35.8 Å². The van der Waals surface area contributed by atoms with Crippen molar-refractivity contribution < 1.29 is 9.53 Å². The molecule has 0 saturated carbocycles. The first-order chi connectivity index (χ1) is 9.39. The van der Waals surface area contributed by atoms with Crippen LogP contribution in [0.15, 0.2) is 30.5 Å². The SMILES string of the molecule is COC(=O)c1ccc(-c2cn(CC(C)(C)C)nn2)cc1. The highest BCUT2D eigenvalue weighted by Crippen LogP contribution is 2.20. The molecule has 0 N–H and O–H groups in total. The van der Waals surface area contributed by atoms with Crippen molar-refractivity contribution in [3.63, 3.8) is 0 Å². The molecular formula is C15H19N3O2. The number of hydrogen-bond acceptors (Lipinski definition) is 4. The third-order valence-corrected chi connectivity index (χ3v) is 2.78. The fourth-order valence-electron chi connectivity index (χ4n) is 1.89. The van der Waals surface area contributed by atoms with Crippen LogP contribution in [0.3, 0.4) is 0 Å². The molecule has 0 aliphatic carbocycles. The van der Waals surface area contributed by atoms with Crippen molar-refractivity contribution in [2.45, 2.75) is 27.3 Å². The molecule has 1 heterocycles. The second-order valence-corrected chi connectivity index (χ2v) is 5.93. The summed E-state index contributed by atoms with van der Waals surface area (Å²) in [6, 6.07) is 7.14. The van der Waals surface area contributed by atoms with Crippen molar-refractivity contribution in [1.82, 2.24) is 15.0 Å². The monoisotopic (exact) mass is 273 g/mol. The highest BCUT2D eigenvalue weighted by Gasteiger charge is 2.13. The number of carbonyl (C=O) groups is 1. The van der Waals surface area contributed by atoms with E-state index in [0.29, 0.717) is 5.56 Å². The largest absolute Gasteiger partial charge is 0.465 e. The molecule has 0 aliphatic heterocycles. The molecule has 5 nitrogen and oxygen atoms in total. The van der Waals surface area contributed by atoms with Gasteiger partial charge in [0.15, 0.2) is 0 Å². The lowest BCUT2D eigenvalue weighted by atomic mass is 9.97. The molecule has 0 aliphatic rings. The Morgan fingerprint density at radius 1 is 1.25 bits per heavy atom. The van der Waals surface area contributed by atoms with Gasteiger partial charge >= 0.3 is 5.97 Å². The summed E-state index contributed by atoms with van der Waals surface area (Å²) >= 11 is 0. The van der Waals surface area contributed by atoms with Gasteiger partial charge in [0.2, 0.25) is 0 Å². The Balaban J connectivity index is 2.18. The predicted molar refractivity (Wildman–Crippen MR) is 76.3 cm³/mol. The molecular weight excluding hydrogens is 254 g/mol. The fraction of sp³-hybridized carbons (Fsp3) is 0.400. The number of aromatic nitrogens is 3. The highest BCUT2D eigenvalue weighted by atomic mass is 16.5. The van der Waals surface area contributed by atoms with Gasteiger partial charge in [-0.1, -0.05) is 38.1 Å². The summed E-state index contributed by atoms with van der Waals surface area (Å²) in [6.45, 7) is 7.26. The molecule has 1 aromatic heterocycles. The Kier molecular flexibility index (Phi) is 3.88. The summed E-state index contributed by atoms with van der Waals surface area (Å²) in [5.74, 6) is -0.340. The van der Waals surface area contributed by atoms with E-state index in [9.17, 15) is 4.79 Å². The van der Waals surface area contributed by atoms with Crippen LogP contribution in [0.1, 0.15) is 31.1 Å². The first-order valence-corrected chi connectivity index (χ1v) is 6.48. The minimum absolute atomic E-state index is 0.152. The third-order valence-electron chi connectivity index (χ3n) is 2.78. The minimum Gasteiger partial charge on any atom is -0.465 e. The molecule has 0 fully saturated rings. The van der Waals surface area contributed by atoms with E-state index >= 15 is 0 Å². The van der Waals surface area contributed by atoms with Crippen LogP contribution in [0.5, 0.6) is 0 Å². The van der Waals surface area contributed by atoms with Gasteiger partial charge in [0.1, 0.15) is 5.69 Å². The maximum atomic E-state index is 11.4. The number of hydrogen-bond donors (Lipinski definition) is 0. The fourth-order valence-corrected chi connectivity index (χ4v) is 1.89. The first kappa shape index (κ1) is 14.2. The molecule has 0 saturated heterocycles. The summed E-state index contributed by atoms with van der Waals surface area (Å²) in [6.07, 6.45) is 1.92. The number of benzene rings is 1. The van der Waals surface area contributed by atoms with Crippen molar-refractivity contribution in [2.24, 2.45) is 5.41 Å². The molecule has 0 amide bonds. The molecule has 0 atom stereocenters. The van der Waals surface area contributed by atoms with Gasteiger partial charge in [-0.2, -0.15) is 0 Å². The summed E-state index contributed by atoms with van der Waals surface area (Å²) < 4.78 is 6.51. The van der Waals surface area contributed by atoms with Gasteiger partial charge in [-0.25, -0.2) is 4.79 Å². The lowest BCUT2D eigenvalue weighted by Gasteiger charge is -2.16. The van der Waals surface area contributed by atoms with E-state index in [1.54, 1.807) is 12.1 Å². The van der Waals surface area contributed by atoms with E-state index in [1.807, 2.05) is 23.0 Å².